The molecule has 0 atom stereocenters. The molecule has 0 unspecified atom stereocenters. The molecule has 2 aromatic carbocycles. The molecule has 0 spiro atoms. The Morgan fingerprint density at radius 2 is 1.55 bits per heavy atom. The molecule has 2 N–H and O–H groups in total. The summed E-state index contributed by atoms with van der Waals surface area (Å²) in [5.41, 5.74) is 2.42. The second kappa shape index (κ2) is 8.75. The Hall–Kier alpha value is -4.07. The number of nitrogens with zero attached hydrogens (tertiary/aromatic N) is 2. The van der Waals surface area contributed by atoms with Crippen molar-refractivity contribution in [3.8, 4) is 0 Å². The van der Waals surface area contributed by atoms with Gasteiger partial charge in [-0.15, -0.1) is 0 Å². The van der Waals surface area contributed by atoms with E-state index in [1.165, 1.54) is 26.4 Å². The summed E-state index contributed by atoms with van der Waals surface area (Å²) in [5.74, 6) is -0.583. The van der Waals surface area contributed by atoms with E-state index in [2.05, 4.69) is 25.3 Å². The maximum absolute atomic E-state index is 12.3. The number of rotatable bonds is 6. The molecule has 3 aromatic rings. The lowest BCUT2D eigenvalue weighted by Gasteiger charge is -2.08. The quantitative estimate of drug-likeness (QED) is 0.490. The van der Waals surface area contributed by atoms with Gasteiger partial charge in [0.05, 0.1) is 18.2 Å². The summed E-state index contributed by atoms with van der Waals surface area (Å²) in [6, 6.07) is 13.3. The summed E-state index contributed by atoms with van der Waals surface area (Å²) in [6.45, 7) is 1.49. The van der Waals surface area contributed by atoms with Crippen molar-refractivity contribution in [1.29, 1.82) is 0 Å². The van der Waals surface area contributed by atoms with Crippen LogP contribution in [0.1, 0.15) is 38.0 Å². The lowest BCUT2D eigenvalue weighted by molar-refractivity contribution is 0.0600. The molecule has 8 nitrogen and oxygen atoms in total. The smallest absolute Gasteiger partial charge is 0.337 e. The molecule has 0 fully saturated rings. The number of carbonyl (C=O) groups is 3. The third-order valence-electron chi connectivity index (χ3n) is 4.00. The van der Waals surface area contributed by atoms with Crippen molar-refractivity contribution in [2.75, 3.05) is 17.7 Å². The van der Waals surface area contributed by atoms with E-state index in [4.69, 9.17) is 0 Å². The second-order valence-corrected chi connectivity index (χ2v) is 6.08. The number of amides is 1. The van der Waals surface area contributed by atoms with Crippen LogP contribution in [0.15, 0.2) is 60.9 Å². The van der Waals surface area contributed by atoms with E-state index in [1.54, 1.807) is 48.5 Å². The number of hydrogen-bond acceptors (Lipinski definition) is 7. The lowest BCUT2D eigenvalue weighted by atomic mass is 10.1. The molecule has 1 aromatic heterocycles. The van der Waals surface area contributed by atoms with Gasteiger partial charge >= 0.3 is 5.97 Å². The molecule has 0 radical (unpaired) electrons. The highest BCUT2D eigenvalue weighted by molar-refractivity contribution is 6.04. The van der Waals surface area contributed by atoms with Crippen LogP contribution >= 0.6 is 0 Å². The van der Waals surface area contributed by atoms with Crippen LogP contribution in [0.5, 0.6) is 0 Å². The van der Waals surface area contributed by atoms with E-state index >= 15 is 0 Å². The van der Waals surface area contributed by atoms with E-state index in [0.717, 1.165) is 0 Å². The molecule has 3 rings (SSSR count). The highest BCUT2D eigenvalue weighted by Gasteiger charge is 2.10. The number of anilines is 3. The SMILES string of the molecule is COC(=O)c1ccc(NC(=O)c2cnc(Nc3cccc(C(C)=O)c3)nc2)cc1. The number of nitrogens with one attached hydrogen (secondary N) is 2. The van der Waals surface area contributed by atoms with Crippen molar-refractivity contribution < 1.29 is 19.1 Å². The number of methoxy groups -OCH3 is 1. The van der Waals surface area contributed by atoms with Gasteiger partial charge in [-0.05, 0) is 43.3 Å². The van der Waals surface area contributed by atoms with Gasteiger partial charge in [0.25, 0.3) is 5.91 Å². The van der Waals surface area contributed by atoms with Gasteiger partial charge in [-0.1, -0.05) is 12.1 Å². The second-order valence-electron chi connectivity index (χ2n) is 6.08. The molecule has 0 aliphatic carbocycles. The average Bonchev–Trinajstić information content (AvgIpc) is 2.74. The van der Waals surface area contributed by atoms with Gasteiger partial charge < -0.3 is 15.4 Å². The van der Waals surface area contributed by atoms with Crippen molar-refractivity contribution in [2.24, 2.45) is 0 Å². The predicted molar refractivity (Wildman–Crippen MR) is 107 cm³/mol. The predicted octanol–water partition coefficient (Wildman–Crippen LogP) is 3.46. The van der Waals surface area contributed by atoms with Crippen LogP contribution in [0.2, 0.25) is 0 Å². The van der Waals surface area contributed by atoms with Gasteiger partial charge in [-0.3, -0.25) is 9.59 Å². The Bertz CT molecular complexity index is 1050. The number of ketones is 1. The Morgan fingerprint density at radius 1 is 0.862 bits per heavy atom. The van der Waals surface area contributed by atoms with E-state index in [-0.39, 0.29) is 17.3 Å². The van der Waals surface area contributed by atoms with Gasteiger partial charge in [0.15, 0.2) is 5.78 Å². The summed E-state index contributed by atoms with van der Waals surface area (Å²) in [4.78, 5) is 43.5. The normalized spacial score (nSPS) is 10.1. The van der Waals surface area contributed by atoms with Crippen LogP contribution in [0.3, 0.4) is 0 Å². The topological polar surface area (TPSA) is 110 Å². The molecule has 1 amide bonds. The zero-order valence-corrected chi connectivity index (χ0v) is 15.8. The fourth-order valence-corrected chi connectivity index (χ4v) is 2.47. The van der Waals surface area contributed by atoms with Gasteiger partial charge in [-0.25, -0.2) is 14.8 Å². The monoisotopic (exact) mass is 390 g/mol. The Kier molecular flexibility index (Phi) is 5.94. The first-order valence-electron chi connectivity index (χ1n) is 8.66. The van der Waals surface area contributed by atoms with Crippen LogP contribution in [0.25, 0.3) is 0 Å². The van der Waals surface area contributed by atoms with E-state index in [1.807, 2.05) is 0 Å². The van der Waals surface area contributed by atoms with E-state index in [0.29, 0.717) is 28.5 Å². The van der Waals surface area contributed by atoms with Gasteiger partial charge in [0.1, 0.15) is 0 Å². The van der Waals surface area contributed by atoms with Crippen LogP contribution < -0.4 is 10.6 Å². The fraction of sp³-hybridized carbons (Fsp3) is 0.0952. The summed E-state index contributed by atoms with van der Waals surface area (Å²) in [5, 5.41) is 5.69. The average molecular weight is 390 g/mol. The largest absolute Gasteiger partial charge is 0.465 e. The molecule has 0 saturated heterocycles. The molecule has 1 heterocycles. The minimum atomic E-state index is -0.451. The zero-order chi connectivity index (χ0) is 20.8. The highest BCUT2D eigenvalue weighted by atomic mass is 16.5. The highest BCUT2D eigenvalue weighted by Crippen LogP contribution is 2.16. The van der Waals surface area contributed by atoms with Crippen molar-refractivity contribution in [3.63, 3.8) is 0 Å². The minimum absolute atomic E-state index is 0.0405. The van der Waals surface area contributed by atoms with Crippen molar-refractivity contribution in [3.05, 3.63) is 77.6 Å². The summed E-state index contributed by atoms with van der Waals surface area (Å²) < 4.78 is 4.63. The maximum Gasteiger partial charge on any atom is 0.337 e. The molecule has 0 aliphatic rings. The molecular weight excluding hydrogens is 372 g/mol. The van der Waals surface area contributed by atoms with Crippen LogP contribution in [0.4, 0.5) is 17.3 Å². The summed E-state index contributed by atoms with van der Waals surface area (Å²) >= 11 is 0. The van der Waals surface area contributed by atoms with Gasteiger partial charge in [-0.2, -0.15) is 0 Å². The molecular formula is C21H18N4O4. The third-order valence-corrected chi connectivity index (χ3v) is 4.00. The molecule has 0 saturated carbocycles. The maximum atomic E-state index is 12.3. The number of Topliss-reactive ketones (excluding diaryl/α,β-unsaturated/α-hetero) is 1. The first-order chi connectivity index (χ1) is 14.0. The van der Waals surface area contributed by atoms with Crippen LogP contribution in [-0.2, 0) is 4.74 Å². The summed E-state index contributed by atoms with van der Waals surface area (Å²) in [6.07, 6.45) is 2.78. The molecule has 0 bridgehead atoms. The number of esters is 1. The molecule has 0 aliphatic heterocycles. The van der Waals surface area contributed by atoms with E-state index < -0.39 is 5.97 Å². The number of ether oxygens (including phenoxy) is 1. The number of hydrogen-bond donors (Lipinski definition) is 2. The molecule has 146 valence electrons. The number of benzene rings is 2. The first-order valence-corrected chi connectivity index (χ1v) is 8.66. The molecule has 29 heavy (non-hydrogen) atoms. The summed E-state index contributed by atoms with van der Waals surface area (Å²) in [7, 11) is 1.30. The van der Waals surface area contributed by atoms with Crippen LogP contribution in [0, 0.1) is 0 Å². The van der Waals surface area contributed by atoms with Crippen LogP contribution in [-0.4, -0.2) is 34.7 Å². The standard InChI is InChI=1S/C21H18N4O4/c1-13(26)15-4-3-5-18(10-15)25-21-22-11-16(12-23-21)19(27)24-17-8-6-14(7-9-17)20(28)29-2/h3-12H,1-2H3,(H,24,27)(H,22,23,25). The fourth-order valence-electron chi connectivity index (χ4n) is 2.47. The zero-order valence-electron chi connectivity index (χ0n) is 15.8. The number of aromatic nitrogens is 2. The lowest BCUT2D eigenvalue weighted by Crippen LogP contribution is -2.13. The van der Waals surface area contributed by atoms with E-state index in [9.17, 15) is 14.4 Å². The van der Waals surface area contributed by atoms with Crippen molar-refractivity contribution in [2.45, 2.75) is 6.92 Å². The Balaban J connectivity index is 1.65. The number of carbonyl (C=O) groups excluding carboxylic acids is 3. The molecule has 8 heteroatoms. The van der Waals surface area contributed by atoms with Gasteiger partial charge in [0.2, 0.25) is 5.95 Å². The minimum Gasteiger partial charge on any atom is -0.465 e. The Morgan fingerprint density at radius 3 is 2.17 bits per heavy atom. The first kappa shape index (κ1) is 19.7. The van der Waals surface area contributed by atoms with Crippen molar-refractivity contribution in [1.82, 2.24) is 9.97 Å². The van der Waals surface area contributed by atoms with Gasteiger partial charge in [0, 0.05) is 29.3 Å². The van der Waals surface area contributed by atoms with Crippen molar-refractivity contribution >= 4 is 35.0 Å². The third kappa shape index (κ3) is 5.01. The Labute approximate surface area is 167 Å².